The predicted octanol–water partition coefficient (Wildman–Crippen LogP) is 3.73. The highest BCUT2D eigenvalue weighted by Crippen LogP contribution is 2.34. The molecule has 7 nitrogen and oxygen atoms in total. The molecule has 0 bridgehead atoms. The highest BCUT2D eigenvalue weighted by molar-refractivity contribution is 6.21. The molecule has 1 saturated carbocycles. The number of aryl methyl sites for hydroxylation is 1. The Balaban J connectivity index is 1.52. The number of aromatic carboxylic acids is 1. The number of hydrogen-bond donors (Lipinski definition) is 2. The first-order valence-corrected chi connectivity index (χ1v) is 10.5. The average Bonchev–Trinajstić information content (AvgIpc) is 3.00. The zero-order valence-electron chi connectivity index (χ0n) is 17.3. The van der Waals surface area contributed by atoms with Gasteiger partial charge in [-0.25, -0.2) is 4.79 Å². The van der Waals surface area contributed by atoms with Crippen molar-refractivity contribution in [1.82, 2.24) is 4.90 Å². The highest BCUT2D eigenvalue weighted by Gasteiger charge is 2.40. The van der Waals surface area contributed by atoms with E-state index < -0.39 is 11.9 Å². The number of carboxylic acids is 1. The lowest BCUT2D eigenvalue weighted by atomic mass is 9.78. The molecule has 2 aliphatic rings. The molecule has 31 heavy (non-hydrogen) atoms. The van der Waals surface area contributed by atoms with E-state index in [1.165, 1.54) is 11.0 Å². The lowest BCUT2D eigenvalue weighted by Gasteiger charge is -2.33. The molecular weight excluding hydrogens is 396 g/mol. The molecule has 1 aliphatic carbocycles. The van der Waals surface area contributed by atoms with E-state index in [0.717, 1.165) is 24.8 Å². The maximum atomic E-state index is 13.1. The second kappa shape index (κ2) is 8.34. The van der Waals surface area contributed by atoms with Crippen LogP contribution in [-0.2, 0) is 4.79 Å². The number of benzene rings is 2. The Kier molecular flexibility index (Phi) is 5.59. The minimum absolute atomic E-state index is 0.0426. The first kappa shape index (κ1) is 20.8. The van der Waals surface area contributed by atoms with Gasteiger partial charge in [-0.3, -0.25) is 19.3 Å². The first-order chi connectivity index (χ1) is 14.9. The van der Waals surface area contributed by atoms with E-state index >= 15 is 0 Å². The van der Waals surface area contributed by atoms with E-state index in [4.69, 9.17) is 0 Å². The molecule has 160 valence electrons. The van der Waals surface area contributed by atoms with Crippen LogP contribution in [0.4, 0.5) is 5.69 Å². The Morgan fingerprint density at radius 2 is 1.68 bits per heavy atom. The Hall–Kier alpha value is -3.48. The van der Waals surface area contributed by atoms with Gasteiger partial charge in [0.1, 0.15) is 0 Å². The lowest BCUT2D eigenvalue weighted by molar-refractivity contribution is -0.122. The molecule has 2 atom stereocenters. The quantitative estimate of drug-likeness (QED) is 0.717. The molecule has 3 amide bonds. The van der Waals surface area contributed by atoms with Crippen LogP contribution >= 0.6 is 0 Å². The number of nitrogens with one attached hydrogen (secondary N) is 1. The van der Waals surface area contributed by atoms with E-state index in [0.29, 0.717) is 17.5 Å². The predicted molar refractivity (Wildman–Crippen MR) is 114 cm³/mol. The number of rotatable bonds is 5. The molecule has 2 N–H and O–H groups in total. The molecule has 0 spiro atoms. The van der Waals surface area contributed by atoms with Gasteiger partial charge in [0.05, 0.1) is 22.4 Å². The number of amides is 3. The first-order valence-electron chi connectivity index (χ1n) is 10.5. The standard InChI is InChI=1S/C24H24N2O5/c1-14-10-11-20(19(12-14)24(30)31)25-21(27)16-7-3-2-6-15(16)13-26-22(28)17-8-4-5-9-18(17)23(26)29/h4-5,8-12,15-16H,2-3,6-7,13H2,1H3,(H,25,27)(H,30,31). The van der Waals surface area contributed by atoms with Crippen LogP contribution in [0.3, 0.4) is 0 Å². The van der Waals surface area contributed by atoms with Crippen molar-refractivity contribution >= 4 is 29.4 Å². The smallest absolute Gasteiger partial charge is 0.337 e. The molecule has 2 aromatic carbocycles. The molecular formula is C24H24N2O5. The van der Waals surface area contributed by atoms with Crippen molar-refractivity contribution in [2.24, 2.45) is 11.8 Å². The molecule has 1 aliphatic heterocycles. The summed E-state index contributed by atoms with van der Waals surface area (Å²) in [7, 11) is 0. The fraction of sp³-hybridized carbons (Fsp3) is 0.333. The maximum absolute atomic E-state index is 13.1. The van der Waals surface area contributed by atoms with Crippen molar-refractivity contribution in [2.75, 3.05) is 11.9 Å². The Bertz CT molecular complexity index is 1040. The summed E-state index contributed by atoms with van der Waals surface area (Å²) >= 11 is 0. The topological polar surface area (TPSA) is 104 Å². The summed E-state index contributed by atoms with van der Waals surface area (Å²) in [5, 5.41) is 12.2. The van der Waals surface area contributed by atoms with Crippen LogP contribution in [0.1, 0.15) is 62.3 Å². The minimum atomic E-state index is -1.11. The third-order valence-corrected chi connectivity index (χ3v) is 6.20. The summed E-state index contributed by atoms with van der Waals surface area (Å²) in [6.45, 7) is 1.97. The highest BCUT2D eigenvalue weighted by atomic mass is 16.4. The number of anilines is 1. The number of carbonyl (C=O) groups excluding carboxylic acids is 3. The molecule has 2 aromatic rings. The van der Waals surface area contributed by atoms with Crippen LogP contribution in [0.5, 0.6) is 0 Å². The maximum Gasteiger partial charge on any atom is 0.337 e. The van der Waals surface area contributed by atoms with Crippen molar-refractivity contribution in [3.8, 4) is 0 Å². The van der Waals surface area contributed by atoms with Gasteiger partial charge in [0, 0.05) is 12.5 Å². The van der Waals surface area contributed by atoms with Gasteiger partial charge in [-0.15, -0.1) is 0 Å². The second-order valence-corrected chi connectivity index (χ2v) is 8.26. The number of carbonyl (C=O) groups is 4. The summed E-state index contributed by atoms with van der Waals surface area (Å²) in [4.78, 5) is 51.4. The molecule has 0 radical (unpaired) electrons. The number of nitrogens with zero attached hydrogens (tertiary/aromatic N) is 1. The summed E-state index contributed by atoms with van der Waals surface area (Å²) in [6.07, 6.45) is 3.15. The molecule has 1 heterocycles. The van der Waals surface area contributed by atoms with Gasteiger partial charge >= 0.3 is 5.97 Å². The Labute approximate surface area is 180 Å². The molecule has 2 unspecified atom stereocenters. The Morgan fingerprint density at radius 1 is 1.03 bits per heavy atom. The largest absolute Gasteiger partial charge is 0.478 e. The van der Waals surface area contributed by atoms with E-state index in [9.17, 15) is 24.3 Å². The zero-order chi connectivity index (χ0) is 22.1. The fourth-order valence-corrected chi connectivity index (χ4v) is 4.58. The van der Waals surface area contributed by atoms with Crippen LogP contribution in [0, 0.1) is 18.8 Å². The molecule has 0 saturated heterocycles. The van der Waals surface area contributed by atoms with Gasteiger partial charge in [0.25, 0.3) is 11.8 Å². The minimum Gasteiger partial charge on any atom is -0.478 e. The fourth-order valence-electron chi connectivity index (χ4n) is 4.58. The van der Waals surface area contributed by atoms with Gasteiger partial charge in [-0.2, -0.15) is 0 Å². The van der Waals surface area contributed by atoms with Crippen molar-refractivity contribution in [3.05, 3.63) is 64.7 Å². The van der Waals surface area contributed by atoms with Crippen LogP contribution in [0.2, 0.25) is 0 Å². The van der Waals surface area contributed by atoms with Gasteiger partial charge in [0.2, 0.25) is 5.91 Å². The molecule has 1 fully saturated rings. The average molecular weight is 420 g/mol. The third-order valence-electron chi connectivity index (χ3n) is 6.20. The van der Waals surface area contributed by atoms with Crippen LogP contribution in [0.15, 0.2) is 42.5 Å². The number of imide groups is 1. The molecule has 4 rings (SSSR count). The van der Waals surface area contributed by atoms with Crippen molar-refractivity contribution in [3.63, 3.8) is 0 Å². The van der Waals surface area contributed by atoms with E-state index in [1.54, 1.807) is 43.3 Å². The number of carboxylic acid groups (broad SMARTS) is 1. The lowest BCUT2D eigenvalue weighted by Crippen LogP contribution is -2.41. The van der Waals surface area contributed by atoms with Gasteiger partial charge in [0.15, 0.2) is 0 Å². The Morgan fingerprint density at radius 3 is 2.32 bits per heavy atom. The molecule has 7 heteroatoms. The SMILES string of the molecule is Cc1ccc(NC(=O)C2CCCCC2CN2C(=O)c3ccccc3C2=O)c(C(=O)O)c1. The summed E-state index contributed by atoms with van der Waals surface area (Å²) in [5.41, 5.74) is 1.89. The van der Waals surface area contributed by atoms with E-state index in [2.05, 4.69) is 5.32 Å². The van der Waals surface area contributed by atoms with Gasteiger partial charge < -0.3 is 10.4 Å². The number of fused-ring (bicyclic) bond motifs is 1. The third kappa shape index (κ3) is 3.95. The monoisotopic (exact) mass is 420 g/mol. The summed E-state index contributed by atoms with van der Waals surface area (Å²) in [5.74, 6) is -2.59. The van der Waals surface area contributed by atoms with E-state index in [1.807, 2.05) is 0 Å². The summed E-state index contributed by atoms with van der Waals surface area (Å²) in [6, 6.07) is 11.6. The van der Waals surface area contributed by atoms with Crippen molar-refractivity contribution < 1.29 is 24.3 Å². The normalized spacial score (nSPS) is 20.5. The van der Waals surface area contributed by atoms with Crippen LogP contribution in [0.25, 0.3) is 0 Å². The van der Waals surface area contributed by atoms with Crippen molar-refractivity contribution in [1.29, 1.82) is 0 Å². The van der Waals surface area contributed by atoms with E-state index in [-0.39, 0.29) is 41.4 Å². The van der Waals surface area contributed by atoms with Crippen LogP contribution < -0.4 is 5.32 Å². The van der Waals surface area contributed by atoms with Gasteiger partial charge in [-0.1, -0.05) is 36.6 Å². The number of hydrogen-bond acceptors (Lipinski definition) is 4. The molecule has 0 aromatic heterocycles. The summed E-state index contributed by atoms with van der Waals surface area (Å²) < 4.78 is 0. The second-order valence-electron chi connectivity index (χ2n) is 8.26. The van der Waals surface area contributed by atoms with Crippen molar-refractivity contribution in [2.45, 2.75) is 32.6 Å². The van der Waals surface area contributed by atoms with Gasteiger partial charge in [-0.05, 0) is 49.9 Å². The van der Waals surface area contributed by atoms with Crippen LogP contribution in [-0.4, -0.2) is 40.2 Å². The zero-order valence-corrected chi connectivity index (χ0v) is 17.3.